The standard InChI is InChI=1S/C9H8FNO5/c10-7-5-6(16-4-3-9(12)13)1-2-8(7)11(14)15/h1-2,5H,3-4H2,(H,12,13). The molecule has 16 heavy (non-hydrogen) atoms. The van der Waals surface area contributed by atoms with Gasteiger partial charge >= 0.3 is 11.7 Å². The molecule has 0 aliphatic heterocycles. The fourth-order valence-corrected chi connectivity index (χ4v) is 0.982. The van der Waals surface area contributed by atoms with Crippen molar-refractivity contribution < 1.29 is 24.0 Å². The second-order valence-electron chi connectivity index (χ2n) is 2.86. The molecule has 1 N–H and O–H groups in total. The van der Waals surface area contributed by atoms with Crippen molar-refractivity contribution in [2.75, 3.05) is 6.61 Å². The highest BCUT2D eigenvalue weighted by Crippen LogP contribution is 2.22. The highest BCUT2D eigenvalue weighted by Gasteiger charge is 2.14. The molecule has 0 aliphatic rings. The fraction of sp³-hybridized carbons (Fsp3) is 0.222. The maximum atomic E-state index is 13.0. The molecule has 7 heteroatoms. The Morgan fingerprint density at radius 2 is 2.25 bits per heavy atom. The van der Waals surface area contributed by atoms with Crippen molar-refractivity contribution in [3.05, 3.63) is 34.1 Å². The number of ether oxygens (including phenoxy) is 1. The predicted molar refractivity (Wildman–Crippen MR) is 50.8 cm³/mol. The summed E-state index contributed by atoms with van der Waals surface area (Å²) in [6, 6.07) is 3.02. The molecule has 0 aliphatic carbocycles. The molecule has 0 spiro atoms. The van der Waals surface area contributed by atoms with E-state index in [1.165, 1.54) is 6.07 Å². The maximum Gasteiger partial charge on any atom is 0.306 e. The van der Waals surface area contributed by atoms with Gasteiger partial charge in [0.05, 0.1) is 18.0 Å². The van der Waals surface area contributed by atoms with Crippen LogP contribution in [0.4, 0.5) is 10.1 Å². The van der Waals surface area contributed by atoms with Gasteiger partial charge in [-0.05, 0) is 6.07 Å². The fourth-order valence-electron chi connectivity index (χ4n) is 0.982. The number of rotatable bonds is 5. The number of aliphatic carboxylic acids is 1. The van der Waals surface area contributed by atoms with E-state index in [4.69, 9.17) is 9.84 Å². The Balaban J connectivity index is 2.66. The summed E-state index contributed by atoms with van der Waals surface area (Å²) < 4.78 is 17.9. The number of carbonyl (C=O) groups is 1. The van der Waals surface area contributed by atoms with Crippen molar-refractivity contribution in [3.8, 4) is 5.75 Å². The number of carboxylic acid groups (broad SMARTS) is 1. The van der Waals surface area contributed by atoms with Crippen molar-refractivity contribution in [2.45, 2.75) is 6.42 Å². The first-order chi connectivity index (χ1) is 7.50. The Morgan fingerprint density at radius 1 is 1.56 bits per heavy atom. The van der Waals surface area contributed by atoms with Crippen LogP contribution >= 0.6 is 0 Å². The van der Waals surface area contributed by atoms with Gasteiger partial charge in [-0.3, -0.25) is 14.9 Å². The smallest absolute Gasteiger partial charge is 0.306 e. The van der Waals surface area contributed by atoms with E-state index in [9.17, 15) is 19.3 Å². The van der Waals surface area contributed by atoms with Crippen LogP contribution in [0.1, 0.15) is 6.42 Å². The summed E-state index contributed by atoms with van der Waals surface area (Å²) in [5, 5.41) is 18.6. The van der Waals surface area contributed by atoms with E-state index in [-0.39, 0.29) is 18.8 Å². The van der Waals surface area contributed by atoms with Crippen molar-refractivity contribution in [1.29, 1.82) is 0 Å². The van der Waals surface area contributed by atoms with Crippen LogP contribution in [0.15, 0.2) is 18.2 Å². The van der Waals surface area contributed by atoms with Gasteiger partial charge in [-0.15, -0.1) is 0 Å². The lowest BCUT2D eigenvalue weighted by Gasteiger charge is -2.04. The zero-order chi connectivity index (χ0) is 12.1. The van der Waals surface area contributed by atoms with Gasteiger partial charge in [0.2, 0.25) is 5.82 Å². The molecule has 1 aromatic carbocycles. The molecular formula is C9H8FNO5. The molecular weight excluding hydrogens is 221 g/mol. The molecule has 6 nitrogen and oxygen atoms in total. The topological polar surface area (TPSA) is 89.7 Å². The SMILES string of the molecule is O=C(O)CCOc1ccc([N+](=O)[O-])c(F)c1. The molecule has 0 aromatic heterocycles. The number of halogens is 1. The highest BCUT2D eigenvalue weighted by molar-refractivity contribution is 5.66. The molecule has 0 heterocycles. The van der Waals surface area contributed by atoms with E-state index in [0.717, 1.165) is 12.1 Å². The number of nitrogens with zero attached hydrogens (tertiary/aromatic N) is 1. The van der Waals surface area contributed by atoms with Crippen LogP contribution in [0.5, 0.6) is 5.75 Å². The van der Waals surface area contributed by atoms with Crippen LogP contribution in [0.3, 0.4) is 0 Å². The second kappa shape index (κ2) is 5.06. The summed E-state index contributed by atoms with van der Waals surface area (Å²) in [7, 11) is 0. The molecule has 0 fully saturated rings. The predicted octanol–water partition coefficient (Wildman–Crippen LogP) is 1.59. The van der Waals surface area contributed by atoms with Crippen molar-refractivity contribution in [3.63, 3.8) is 0 Å². The summed E-state index contributed by atoms with van der Waals surface area (Å²) in [6.07, 6.45) is -0.224. The lowest BCUT2D eigenvalue weighted by molar-refractivity contribution is -0.387. The summed E-state index contributed by atoms with van der Waals surface area (Å²) in [5.74, 6) is -2.00. The molecule has 1 aromatic rings. The molecule has 0 radical (unpaired) electrons. The van der Waals surface area contributed by atoms with Gasteiger partial charge in [0, 0.05) is 12.1 Å². The number of hydrogen-bond acceptors (Lipinski definition) is 4. The first kappa shape index (κ1) is 11.9. The number of nitro groups is 1. The summed E-state index contributed by atoms with van der Waals surface area (Å²) in [6.45, 7) is -0.118. The van der Waals surface area contributed by atoms with Crippen molar-refractivity contribution >= 4 is 11.7 Å². The van der Waals surface area contributed by atoms with Crippen LogP contribution in [-0.4, -0.2) is 22.6 Å². The van der Waals surface area contributed by atoms with Gasteiger partial charge in [-0.2, -0.15) is 4.39 Å². The zero-order valence-electron chi connectivity index (χ0n) is 8.05. The number of benzene rings is 1. The molecule has 0 saturated heterocycles. The summed E-state index contributed by atoms with van der Waals surface area (Å²) in [4.78, 5) is 19.6. The quantitative estimate of drug-likeness (QED) is 0.611. The normalized spacial score (nSPS) is 9.81. The minimum atomic E-state index is -1.04. The summed E-state index contributed by atoms with van der Waals surface area (Å²) in [5.41, 5.74) is -0.648. The molecule has 0 bridgehead atoms. The molecule has 0 atom stereocenters. The van der Waals surface area contributed by atoms with Gasteiger partial charge in [0.1, 0.15) is 5.75 Å². The third kappa shape index (κ3) is 3.19. The third-order valence-corrected chi connectivity index (χ3v) is 1.70. The van der Waals surface area contributed by atoms with E-state index >= 15 is 0 Å². The van der Waals surface area contributed by atoms with E-state index in [1.807, 2.05) is 0 Å². The van der Waals surface area contributed by atoms with E-state index in [1.54, 1.807) is 0 Å². The van der Waals surface area contributed by atoms with Crippen molar-refractivity contribution in [1.82, 2.24) is 0 Å². The van der Waals surface area contributed by atoms with Crippen LogP contribution in [0, 0.1) is 15.9 Å². The second-order valence-corrected chi connectivity index (χ2v) is 2.86. The van der Waals surface area contributed by atoms with Crippen LogP contribution in [0.2, 0.25) is 0 Å². The zero-order valence-corrected chi connectivity index (χ0v) is 8.05. The average Bonchev–Trinajstić information content (AvgIpc) is 2.16. The Morgan fingerprint density at radius 3 is 2.75 bits per heavy atom. The first-order valence-corrected chi connectivity index (χ1v) is 4.29. The highest BCUT2D eigenvalue weighted by atomic mass is 19.1. The number of carboxylic acids is 1. The minimum Gasteiger partial charge on any atom is -0.493 e. The Bertz CT molecular complexity index is 420. The van der Waals surface area contributed by atoms with Gasteiger partial charge in [-0.25, -0.2) is 0 Å². The molecule has 0 amide bonds. The van der Waals surface area contributed by atoms with Crippen LogP contribution in [-0.2, 0) is 4.79 Å². The Labute approximate surface area is 89.4 Å². The van der Waals surface area contributed by atoms with Gasteiger partial charge < -0.3 is 9.84 Å². The third-order valence-electron chi connectivity index (χ3n) is 1.70. The molecule has 0 saturated carbocycles. The maximum absolute atomic E-state index is 13.0. The molecule has 1 rings (SSSR count). The van der Waals surface area contributed by atoms with Crippen molar-refractivity contribution in [2.24, 2.45) is 0 Å². The minimum absolute atomic E-state index is 0.0596. The average molecular weight is 229 g/mol. The Kier molecular flexibility index (Phi) is 3.76. The van der Waals surface area contributed by atoms with Crippen LogP contribution in [0.25, 0.3) is 0 Å². The lowest BCUT2D eigenvalue weighted by atomic mass is 10.3. The monoisotopic (exact) mass is 229 g/mol. The number of nitro benzene ring substituents is 1. The van der Waals surface area contributed by atoms with E-state index in [2.05, 4.69) is 0 Å². The summed E-state index contributed by atoms with van der Waals surface area (Å²) >= 11 is 0. The molecule has 0 unspecified atom stereocenters. The van der Waals surface area contributed by atoms with Gasteiger partial charge in [0.25, 0.3) is 0 Å². The Hall–Kier alpha value is -2.18. The lowest BCUT2D eigenvalue weighted by Crippen LogP contribution is -2.05. The van der Waals surface area contributed by atoms with Gasteiger partial charge in [0.15, 0.2) is 0 Å². The number of hydrogen-bond donors (Lipinski definition) is 1. The largest absolute Gasteiger partial charge is 0.493 e. The van der Waals surface area contributed by atoms with E-state index in [0.29, 0.717) is 0 Å². The van der Waals surface area contributed by atoms with E-state index < -0.39 is 22.4 Å². The van der Waals surface area contributed by atoms with Gasteiger partial charge in [-0.1, -0.05) is 0 Å². The first-order valence-electron chi connectivity index (χ1n) is 4.29. The molecule has 86 valence electrons. The van der Waals surface area contributed by atoms with Crippen LogP contribution < -0.4 is 4.74 Å².